The summed E-state index contributed by atoms with van der Waals surface area (Å²) in [6.45, 7) is 4.64. The first-order valence-corrected chi connectivity index (χ1v) is 8.13. The number of ether oxygens (including phenoxy) is 1. The Kier molecular flexibility index (Phi) is 5.23. The summed E-state index contributed by atoms with van der Waals surface area (Å²) in [5, 5.41) is 0. The van der Waals surface area contributed by atoms with Gasteiger partial charge in [-0.2, -0.15) is 0 Å². The third kappa shape index (κ3) is 4.48. The first-order valence-electron chi connectivity index (χ1n) is 8.13. The van der Waals surface area contributed by atoms with E-state index in [1.807, 2.05) is 4.90 Å². The Morgan fingerprint density at radius 1 is 1.13 bits per heavy atom. The number of amides is 1. The number of benzene rings is 1. The molecule has 3 rings (SSSR count). The van der Waals surface area contributed by atoms with Crippen LogP contribution >= 0.6 is 0 Å². The lowest BCUT2D eigenvalue weighted by Gasteiger charge is -2.28. The molecule has 23 heavy (non-hydrogen) atoms. The summed E-state index contributed by atoms with van der Waals surface area (Å²) in [7, 11) is 0. The number of morpholine rings is 1. The maximum absolute atomic E-state index is 13.2. The number of carbonyl (C=O) groups is 1. The molecule has 2 fully saturated rings. The average molecular weight is 324 g/mol. The van der Waals surface area contributed by atoms with E-state index in [2.05, 4.69) is 4.90 Å². The van der Waals surface area contributed by atoms with E-state index in [-0.39, 0.29) is 5.91 Å². The van der Waals surface area contributed by atoms with Gasteiger partial charge in [0, 0.05) is 25.7 Å². The van der Waals surface area contributed by atoms with Crippen molar-refractivity contribution in [2.75, 3.05) is 45.9 Å². The number of likely N-dealkylation sites (tertiary alicyclic amines) is 1. The highest BCUT2D eigenvalue weighted by atomic mass is 19.1. The van der Waals surface area contributed by atoms with Crippen molar-refractivity contribution in [3.8, 4) is 0 Å². The smallest absolute Gasteiger partial charge is 0.236 e. The van der Waals surface area contributed by atoms with Gasteiger partial charge in [0.25, 0.3) is 0 Å². The molecule has 4 nitrogen and oxygen atoms in total. The minimum Gasteiger partial charge on any atom is -0.378 e. The van der Waals surface area contributed by atoms with Gasteiger partial charge < -0.3 is 9.64 Å². The summed E-state index contributed by atoms with van der Waals surface area (Å²) in [5.41, 5.74) is 0.689. The van der Waals surface area contributed by atoms with Crippen LogP contribution in [0.1, 0.15) is 12.0 Å². The van der Waals surface area contributed by atoms with E-state index in [4.69, 9.17) is 4.74 Å². The molecular formula is C17H22F2N2O2. The van der Waals surface area contributed by atoms with Crippen LogP contribution in [0.25, 0.3) is 0 Å². The largest absolute Gasteiger partial charge is 0.378 e. The molecule has 1 atom stereocenters. The molecule has 2 aliphatic rings. The zero-order valence-corrected chi connectivity index (χ0v) is 13.1. The number of halogens is 2. The number of hydrogen-bond acceptors (Lipinski definition) is 3. The normalized spacial score (nSPS) is 22.5. The second kappa shape index (κ2) is 7.36. The van der Waals surface area contributed by atoms with Crippen molar-refractivity contribution in [1.29, 1.82) is 0 Å². The predicted molar refractivity (Wildman–Crippen MR) is 82.0 cm³/mol. The van der Waals surface area contributed by atoms with E-state index in [9.17, 15) is 13.6 Å². The quantitative estimate of drug-likeness (QED) is 0.845. The van der Waals surface area contributed by atoms with Crippen LogP contribution in [-0.2, 0) is 16.0 Å². The van der Waals surface area contributed by atoms with Gasteiger partial charge in [-0.15, -0.1) is 0 Å². The van der Waals surface area contributed by atoms with Gasteiger partial charge in [-0.05, 0) is 43.0 Å². The van der Waals surface area contributed by atoms with Crippen molar-refractivity contribution >= 4 is 5.91 Å². The van der Waals surface area contributed by atoms with Crippen LogP contribution in [0.3, 0.4) is 0 Å². The van der Waals surface area contributed by atoms with E-state index in [1.165, 1.54) is 12.1 Å². The predicted octanol–water partition coefficient (Wildman–Crippen LogP) is 1.69. The number of rotatable bonds is 4. The second-order valence-electron chi connectivity index (χ2n) is 6.36. The lowest BCUT2D eigenvalue weighted by atomic mass is 9.98. The standard InChI is InChI=1S/C17H22F2N2O2/c18-15-8-14(9-16(19)10-15)7-13-1-2-20(11-13)12-17(22)21-3-5-23-6-4-21/h8-10,13H,1-7,11-12H2. The molecular weight excluding hydrogens is 302 g/mol. The van der Waals surface area contributed by atoms with Crippen molar-refractivity contribution < 1.29 is 18.3 Å². The van der Waals surface area contributed by atoms with Crippen LogP contribution in [0.15, 0.2) is 18.2 Å². The van der Waals surface area contributed by atoms with E-state index in [1.54, 1.807) is 0 Å². The number of nitrogens with zero attached hydrogens (tertiary/aromatic N) is 2. The molecule has 0 saturated carbocycles. The van der Waals surface area contributed by atoms with Crippen molar-refractivity contribution in [1.82, 2.24) is 9.80 Å². The Labute approximate surface area is 135 Å². The summed E-state index contributed by atoms with van der Waals surface area (Å²) in [6.07, 6.45) is 1.60. The highest BCUT2D eigenvalue weighted by molar-refractivity contribution is 5.78. The molecule has 0 aromatic heterocycles. The Balaban J connectivity index is 1.49. The van der Waals surface area contributed by atoms with Crippen molar-refractivity contribution in [3.63, 3.8) is 0 Å². The molecule has 0 aliphatic carbocycles. The molecule has 1 amide bonds. The monoisotopic (exact) mass is 324 g/mol. The zero-order chi connectivity index (χ0) is 16.2. The molecule has 0 N–H and O–H groups in total. The van der Waals surface area contributed by atoms with Gasteiger partial charge in [0.1, 0.15) is 11.6 Å². The van der Waals surface area contributed by atoms with Crippen LogP contribution in [0.2, 0.25) is 0 Å². The molecule has 2 saturated heterocycles. The van der Waals surface area contributed by atoms with Crippen LogP contribution in [0.5, 0.6) is 0 Å². The van der Waals surface area contributed by atoms with Crippen molar-refractivity contribution in [2.24, 2.45) is 5.92 Å². The fourth-order valence-corrected chi connectivity index (χ4v) is 3.39. The summed E-state index contributed by atoms with van der Waals surface area (Å²) in [5.74, 6) is -0.575. The number of carbonyl (C=O) groups excluding carboxylic acids is 1. The molecule has 126 valence electrons. The third-order valence-corrected chi connectivity index (χ3v) is 4.54. The summed E-state index contributed by atoms with van der Waals surface area (Å²) < 4.78 is 31.7. The topological polar surface area (TPSA) is 32.8 Å². The van der Waals surface area contributed by atoms with E-state index in [0.717, 1.165) is 25.6 Å². The Bertz CT molecular complexity index is 541. The minimum absolute atomic E-state index is 0.144. The Morgan fingerprint density at radius 3 is 2.52 bits per heavy atom. The first-order chi connectivity index (χ1) is 11.1. The minimum atomic E-state index is -0.530. The summed E-state index contributed by atoms with van der Waals surface area (Å²) in [6, 6.07) is 3.68. The third-order valence-electron chi connectivity index (χ3n) is 4.54. The Hall–Kier alpha value is -1.53. The number of hydrogen-bond donors (Lipinski definition) is 0. The molecule has 2 aliphatic heterocycles. The van der Waals surface area contributed by atoms with Gasteiger partial charge in [-0.25, -0.2) is 8.78 Å². The molecule has 2 heterocycles. The maximum atomic E-state index is 13.2. The summed E-state index contributed by atoms with van der Waals surface area (Å²) >= 11 is 0. The SMILES string of the molecule is O=C(CN1CCC(Cc2cc(F)cc(F)c2)C1)N1CCOCC1. The molecule has 1 aromatic rings. The molecule has 1 aromatic carbocycles. The molecule has 6 heteroatoms. The van der Waals surface area contributed by atoms with Crippen molar-refractivity contribution in [3.05, 3.63) is 35.4 Å². The van der Waals surface area contributed by atoms with E-state index >= 15 is 0 Å². The summed E-state index contributed by atoms with van der Waals surface area (Å²) in [4.78, 5) is 16.2. The van der Waals surface area contributed by atoms with Gasteiger partial charge in [-0.3, -0.25) is 9.69 Å². The molecule has 0 spiro atoms. The maximum Gasteiger partial charge on any atom is 0.236 e. The van der Waals surface area contributed by atoms with Gasteiger partial charge in [0.05, 0.1) is 19.8 Å². The van der Waals surface area contributed by atoms with Crippen LogP contribution < -0.4 is 0 Å². The lowest BCUT2D eigenvalue weighted by Crippen LogP contribution is -2.45. The van der Waals surface area contributed by atoms with Gasteiger partial charge in [-0.1, -0.05) is 0 Å². The molecule has 1 unspecified atom stereocenters. The fourth-order valence-electron chi connectivity index (χ4n) is 3.39. The zero-order valence-electron chi connectivity index (χ0n) is 13.1. The lowest BCUT2D eigenvalue weighted by molar-refractivity contribution is -0.136. The Morgan fingerprint density at radius 2 is 1.83 bits per heavy atom. The van der Waals surface area contributed by atoms with Gasteiger partial charge in [0.15, 0.2) is 0 Å². The van der Waals surface area contributed by atoms with Crippen molar-refractivity contribution in [2.45, 2.75) is 12.8 Å². The van der Waals surface area contributed by atoms with E-state index in [0.29, 0.717) is 50.8 Å². The van der Waals surface area contributed by atoms with Crippen LogP contribution in [0.4, 0.5) is 8.78 Å². The van der Waals surface area contributed by atoms with Gasteiger partial charge in [0.2, 0.25) is 5.91 Å². The highest BCUT2D eigenvalue weighted by Gasteiger charge is 2.26. The van der Waals surface area contributed by atoms with Crippen LogP contribution in [0, 0.1) is 17.6 Å². The fraction of sp³-hybridized carbons (Fsp3) is 0.588. The average Bonchev–Trinajstić information content (AvgIpc) is 2.94. The molecule has 0 bridgehead atoms. The highest BCUT2D eigenvalue weighted by Crippen LogP contribution is 2.22. The van der Waals surface area contributed by atoms with Crippen LogP contribution in [-0.4, -0.2) is 61.6 Å². The molecule has 0 radical (unpaired) electrons. The van der Waals surface area contributed by atoms with Gasteiger partial charge >= 0.3 is 0 Å². The second-order valence-corrected chi connectivity index (χ2v) is 6.36. The first kappa shape index (κ1) is 16.3. The van der Waals surface area contributed by atoms with E-state index < -0.39 is 11.6 Å².